The third kappa shape index (κ3) is 6.14. The number of carbonyl (C=O) groups is 2. The van der Waals surface area contributed by atoms with Crippen molar-refractivity contribution in [3.63, 3.8) is 0 Å². The number of benzene rings is 3. The number of nitrogens with one attached hydrogen (secondary N) is 1. The van der Waals surface area contributed by atoms with E-state index in [2.05, 4.69) is 15.7 Å². The monoisotopic (exact) mass is 419 g/mol. The minimum absolute atomic E-state index is 0.191. The second kappa shape index (κ2) is 10.5. The maximum atomic E-state index is 12.2. The average molecular weight is 419 g/mol. The zero-order valence-corrected chi connectivity index (χ0v) is 17.1. The Morgan fingerprint density at radius 3 is 2.26 bits per heavy atom. The van der Waals surface area contributed by atoms with Crippen LogP contribution < -0.4 is 15.0 Å². The summed E-state index contributed by atoms with van der Waals surface area (Å²) in [4.78, 5) is 29.2. The molecule has 1 N–H and O–H groups in total. The largest absolute Gasteiger partial charge is 0.493 e. The summed E-state index contributed by atoms with van der Waals surface area (Å²) in [6.45, 7) is 0. The third-order valence-corrected chi connectivity index (χ3v) is 4.22. The van der Waals surface area contributed by atoms with Crippen LogP contribution in [0, 0.1) is 0 Å². The minimum atomic E-state index is -0.587. The van der Waals surface area contributed by atoms with E-state index in [1.165, 1.54) is 20.3 Å². The molecule has 31 heavy (non-hydrogen) atoms. The Morgan fingerprint density at radius 2 is 1.58 bits per heavy atom. The molecular formula is C23H21N3O5. The van der Waals surface area contributed by atoms with Crippen molar-refractivity contribution < 1.29 is 23.9 Å². The quantitative estimate of drug-likeness (QED) is 0.418. The maximum Gasteiger partial charge on any atom is 0.362 e. The van der Waals surface area contributed by atoms with Gasteiger partial charge in [0, 0.05) is 0 Å². The van der Waals surface area contributed by atoms with Gasteiger partial charge in [-0.25, -0.2) is 10.3 Å². The lowest BCUT2D eigenvalue weighted by Gasteiger charge is -2.10. The molecule has 1 amide bonds. The van der Waals surface area contributed by atoms with Crippen LogP contribution >= 0.6 is 0 Å². The van der Waals surface area contributed by atoms with E-state index in [0.717, 1.165) is 5.56 Å². The van der Waals surface area contributed by atoms with Gasteiger partial charge in [0.2, 0.25) is 0 Å². The summed E-state index contributed by atoms with van der Waals surface area (Å²) < 4.78 is 10.3. The predicted molar refractivity (Wildman–Crippen MR) is 115 cm³/mol. The zero-order valence-electron chi connectivity index (χ0n) is 17.1. The summed E-state index contributed by atoms with van der Waals surface area (Å²) in [5, 5.41) is 7.66. The number of amides is 1. The first-order valence-corrected chi connectivity index (χ1v) is 9.37. The molecule has 8 heteroatoms. The van der Waals surface area contributed by atoms with Crippen LogP contribution in [0.25, 0.3) is 0 Å². The van der Waals surface area contributed by atoms with E-state index in [4.69, 9.17) is 14.3 Å². The highest BCUT2D eigenvalue weighted by atomic mass is 16.7. The Bertz CT molecular complexity index is 1070. The number of carbonyl (C=O) groups excluding carboxylic acids is 2. The molecular weight excluding hydrogens is 398 g/mol. The lowest BCUT2D eigenvalue weighted by molar-refractivity contribution is -0.117. The SMILES string of the molecule is COc1ccc(C(=O)ONc2ccc(N=NC(=O)Cc3ccccc3)cc2)cc1OC. The van der Waals surface area contributed by atoms with E-state index in [-0.39, 0.29) is 12.3 Å². The van der Waals surface area contributed by atoms with Gasteiger partial charge in [-0.1, -0.05) is 30.3 Å². The number of anilines is 1. The van der Waals surface area contributed by atoms with Gasteiger partial charge >= 0.3 is 5.97 Å². The van der Waals surface area contributed by atoms with Crippen LogP contribution in [0.2, 0.25) is 0 Å². The van der Waals surface area contributed by atoms with Gasteiger partial charge in [-0.05, 0) is 48.0 Å². The Morgan fingerprint density at radius 1 is 0.871 bits per heavy atom. The highest BCUT2D eigenvalue weighted by molar-refractivity contribution is 5.90. The van der Waals surface area contributed by atoms with Crippen molar-refractivity contribution in [2.24, 2.45) is 10.2 Å². The van der Waals surface area contributed by atoms with Crippen molar-refractivity contribution in [3.8, 4) is 11.5 Å². The van der Waals surface area contributed by atoms with Crippen molar-refractivity contribution in [2.45, 2.75) is 6.42 Å². The van der Waals surface area contributed by atoms with E-state index in [1.54, 1.807) is 36.4 Å². The zero-order chi connectivity index (χ0) is 22.1. The lowest BCUT2D eigenvalue weighted by Crippen LogP contribution is -2.11. The molecule has 0 fully saturated rings. The number of methoxy groups -OCH3 is 2. The average Bonchev–Trinajstić information content (AvgIpc) is 2.82. The maximum absolute atomic E-state index is 12.2. The first-order valence-electron chi connectivity index (χ1n) is 9.37. The summed E-state index contributed by atoms with van der Waals surface area (Å²) >= 11 is 0. The summed E-state index contributed by atoms with van der Waals surface area (Å²) in [7, 11) is 3.00. The summed E-state index contributed by atoms with van der Waals surface area (Å²) in [5.41, 5.74) is 4.78. The fraction of sp³-hybridized carbons (Fsp3) is 0.130. The van der Waals surface area contributed by atoms with Crippen molar-refractivity contribution >= 4 is 23.3 Å². The van der Waals surface area contributed by atoms with Crippen molar-refractivity contribution in [1.82, 2.24) is 0 Å². The molecule has 0 aliphatic carbocycles. The lowest BCUT2D eigenvalue weighted by atomic mass is 10.1. The third-order valence-electron chi connectivity index (χ3n) is 4.22. The highest BCUT2D eigenvalue weighted by Gasteiger charge is 2.12. The van der Waals surface area contributed by atoms with E-state index >= 15 is 0 Å². The summed E-state index contributed by atoms with van der Waals surface area (Å²) in [5.74, 6) is 0.0148. The second-order valence-corrected chi connectivity index (χ2v) is 6.36. The number of hydrogen-bond donors (Lipinski definition) is 1. The molecule has 0 bridgehead atoms. The Kier molecular flexibility index (Phi) is 7.31. The van der Waals surface area contributed by atoms with Crippen molar-refractivity contribution in [3.05, 3.63) is 83.9 Å². The molecule has 8 nitrogen and oxygen atoms in total. The molecule has 3 rings (SSSR count). The van der Waals surface area contributed by atoms with Crippen LogP contribution in [0.1, 0.15) is 15.9 Å². The van der Waals surface area contributed by atoms with Gasteiger partial charge in [0.25, 0.3) is 5.91 Å². The van der Waals surface area contributed by atoms with Crippen LogP contribution in [0.5, 0.6) is 11.5 Å². The Hall–Kier alpha value is -4.20. The molecule has 0 aliphatic heterocycles. The van der Waals surface area contributed by atoms with E-state index in [0.29, 0.717) is 28.4 Å². The molecule has 0 spiro atoms. The molecule has 3 aromatic rings. The first kappa shape index (κ1) is 21.5. The molecule has 158 valence electrons. The Balaban J connectivity index is 1.53. The molecule has 0 atom stereocenters. The molecule has 0 heterocycles. The van der Waals surface area contributed by atoms with Crippen LogP contribution in [-0.2, 0) is 16.1 Å². The van der Waals surface area contributed by atoms with Crippen LogP contribution in [0.15, 0.2) is 83.0 Å². The number of nitrogens with zero attached hydrogens (tertiary/aromatic N) is 2. The summed E-state index contributed by atoms with van der Waals surface area (Å²) in [6.07, 6.45) is 0.191. The van der Waals surface area contributed by atoms with Crippen LogP contribution in [-0.4, -0.2) is 26.1 Å². The van der Waals surface area contributed by atoms with Gasteiger partial charge in [-0.15, -0.1) is 10.2 Å². The van der Waals surface area contributed by atoms with Crippen molar-refractivity contribution in [2.75, 3.05) is 19.7 Å². The van der Waals surface area contributed by atoms with Crippen molar-refractivity contribution in [1.29, 1.82) is 0 Å². The van der Waals surface area contributed by atoms with Gasteiger partial charge in [-0.2, -0.15) is 0 Å². The predicted octanol–water partition coefficient (Wildman–Crippen LogP) is 4.74. The molecule has 0 aliphatic rings. The smallest absolute Gasteiger partial charge is 0.362 e. The molecule has 0 radical (unpaired) electrons. The number of azo groups is 1. The van der Waals surface area contributed by atoms with Gasteiger partial charge < -0.3 is 14.3 Å². The molecule has 0 unspecified atom stereocenters. The minimum Gasteiger partial charge on any atom is -0.493 e. The number of ether oxygens (including phenoxy) is 2. The Labute approximate surface area is 179 Å². The molecule has 3 aromatic carbocycles. The number of rotatable bonds is 8. The normalized spacial score (nSPS) is 10.5. The van der Waals surface area contributed by atoms with Gasteiger partial charge in [0.1, 0.15) is 0 Å². The van der Waals surface area contributed by atoms with Crippen LogP contribution in [0.4, 0.5) is 11.4 Å². The molecule has 0 saturated carbocycles. The molecule has 0 saturated heterocycles. The van der Waals surface area contributed by atoms with Gasteiger partial charge in [0.15, 0.2) is 11.5 Å². The topological polar surface area (TPSA) is 98.6 Å². The standard InChI is InChI=1S/C23H21N3O5/c1-29-20-13-8-17(15-21(20)30-2)23(28)31-26-19-11-9-18(10-12-19)24-25-22(27)14-16-6-4-3-5-7-16/h3-13,15,26H,14H2,1-2H3. The number of hydrogen-bond acceptors (Lipinski definition) is 7. The van der Waals surface area contributed by atoms with Gasteiger partial charge in [-0.3, -0.25) is 4.79 Å². The van der Waals surface area contributed by atoms with Gasteiger partial charge in [0.05, 0.1) is 37.6 Å². The van der Waals surface area contributed by atoms with Crippen LogP contribution in [0.3, 0.4) is 0 Å². The second-order valence-electron chi connectivity index (χ2n) is 6.36. The van der Waals surface area contributed by atoms with E-state index < -0.39 is 5.97 Å². The fourth-order valence-corrected chi connectivity index (χ4v) is 2.64. The summed E-state index contributed by atoms with van der Waals surface area (Å²) in [6, 6.07) is 20.6. The van der Waals surface area contributed by atoms with E-state index in [1.807, 2.05) is 30.3 Å². The molecule has 0 aromatic heterocycles. The fourth-order valence-electron chi connectivity index (χ4n) is 2.64. The van der Waals surface area contributed by atoms with E-state index in [9.17, 15) is 9.59 Å². The highest BCUT2D eigenvalue weighted by Crippen LogP contribution is 2.28. The first-order chi connectivity index (χ1) is 15.1.